The minimum atomic E-state index is -1.22. The van der Waals surface area contributed by atoms with Gasteiger partial charge < -0.3 is 20.1 Å². The van der Waals surface area contributed by atoms with Gasteiger partial charge in [-0.2, -0.15) is 0 Å². The molecule has 100 valence electrons. The standard InChI is InChI=1S/C9H13N3O5S/c13-3-4-6(14)7(15)8(17-4)12-2-1-5(11-16)10-9(12)18/h1-2,4,6-8,13-16H,3H2,(H,10,11,18)/t4-,6?,7?,8-/m1/s1. The number of anilines is 1. The molecule has 0 amide bonds. The minimum absolute atomic E-state index is 0.0592. The third-order valence-electron chi connectivity index (χ3n) is 2.74. The van der Waals surface area contributed by atoms with Crippen LogP contribution in [0.2, 0.25) is 0 Å². The average molecular weight is 275 g/mol. The molecule has 18 heavy (non-hydrogen) atoms. The highest BCUT2D eigenvalue weighted by Crippen LogP contribution is 2.29. The first-order valence-electron chi connectivity index (χ1n) is 5.20. The van der Waals surface area contributed by atoms with E-state index >= 15 is 0 Å². The molecule has 1 saturated heterocycles. The Balaban J connectivity index is 2.30. The third kappa shape index (κ3) is 2.23. The molecule has 0 aromatic carbocycles. The molecule has 1 aliphatic rings. The smallest absolute Gasteiger partial charge is 0.203 e. The summed E-state index contributed by atoms with van der Waals surface area (Å²) in [6, 6.07) is 1.42. The number of hydrogen-bond acceptors (Lipinski definition) is 8. The molecule has 0 saturated carbocycles. The highest BCUT2D eigenvalue weighted by Gasteiger charge is 2.43. The van der Waals surface area contributed by atoms with E-state index in [2.05, 4.69) is 4.98 Å². The van der Waals surface area contributed by atoms with Crippen LogP contribution in [0.5, 0.6) is 0 Å². The van der Waals surface area contributed by atoms with Crippen molar-refractivity contribution in [3.8, 4) is 0 Å². The molecule has 2 unspecified atom stereocenters. The van der Waals surface area contributed by atoms with Crippen molar-refractivity contribution in [3.63, 3.8) is 0 Å². The lowest BCUT2D eigenvalue weighted by molar-refractivity contribution is -0.0540. The van der Waals surface area contributed by atoms with Crippen molar-refractivity contribution in [2.24, 2.45) is 0 Å². The molecule has 9 heteroatoms. The van der Waals surface area contributed by atoms with Gasteiger partial charge in [0.1, 0.15) is 18.3 Å². The van der Waals surface area contributed by atoms with E-state index < -0.39 is 31.1 Å². The summed E-state index contributed by atoms with van der Waals surface area (Å²) >= 11 is 4.97. The summed E-state index contributed by atoms with van der Waals surface area (Å²) in [4.78, 5) is 3.83. The van der Waals surface area contributed by atoms with Crippen molar-refractivity contribution in [1.29, 1.82) is 0 Å². The maximum absolute atomic E-state index is 9.82. The van der Waals surface area contributed by atoms with Gasteiger partial charge in [-0.05, 0) is 18.3 Å². The Labute approximate surface area is 107 Å². The predicted molar refractivity (Wildman–Crippen MR) is 61.5 cm³/mol. The Bertz CT molecular complexity index is 482. The van der Waals surface area contributed by atoms with Crippen LogP contribution in [0.25, 0.3) is 0 Å². The first kappa shape index (κ1) is 13.3. The number of nitrogens with one attached hydrogen (secondary N) is 1. The second-order valence-electron chi connectivity index (χ2n) is 3.84. The molecule has 0 aliphatic carbocycles. The topological polar surface area (TPSA) is 120 Å². The van der Waals surface area contributed by atoms with E-state index in [1.807, 2.05) is 5.48 Å². The summed E-state index contributed by atoms with van der Waals surface area (Å²) in [6.07, 6.45) is -2.76. The molecule has 2 rings (SSSR count). The second-order valence-corrected chi connectivity index (χ2v) is 4.21. The molecule has 1 aromatic heterocycles. The highest BCUT2D eigenvalue weighted by atomic mass is 32.1. The fourth-order valence-corrected chi connectivity index (χ4v) is 2.04. The number of aliphatic hydroxyl groups excluding tert-OH is 3. The quantitative estimate of drug-likeness (QED) is 0.353. The molecule has 0 bridgehead atoms. The number of hydrogen-bond donors (Lipinski definition) is 5. The molecule has 2 heterocycles. The normalized spacial score (nSPS) is 31.6. The van der Waals surface area contributed by atoms with Crippen LogP contribution in [0.3, 0.4) is 0 Å². The molecular formula is C9H13N3O5S. The van der Waals surface area contributed by atoms with Gasteiger partial charge in [0.05, 0.1) is 6.61 Å². The van der Waals surface area contributed by atoms with Crippen molar-refractivity contribution in [2.45, 2.75) is 24.5 Å². The summed E-state index contributed by atoms with van der Waals surface area (Å²) in [5.41, 5.74) is 1.84. The van der Waals surface area contributed by atoms with E-state index in [1.54, 1.807) is 0 Å². The van der Waals surface area contributed by atoms with Gasteiger partial charge in [0, 0.05) is 6.20 Å². The molecule has 5 N–H and O–H groups in total. The Kier molecular flexibility index (Phi) is 3.90. The van der Waals surface area contributed by atoms with Gasteiger partial charge in [-0.15, -0.1) is 0 Å². The van der Waals surface area contributed by atoms with Gasteiger partial charge in [-0.3, -0.25) is 15.3 Å². The van der Waals surface area contributed by atoms with Crippen LogP contribution in [0.1, 0.15) is 6.23 Å². The van der Waals surface area contributed by atoms with Crippen LogP contribution in [0.4, 0.5) is 5.82 Å². The number of nitrogens with zero attached hydrogens (tertiary/aromatic N) is 2. The lowest BCUT2D eigenvalue weighted by atomic mass is 10.1. The van der Waals surface area contributed by atoms with Crippen molar-refractivity contribution in [3.05, 3.63) is 17.0 Å². The SMILES string of the molecule is OC[C@H]1O[C@@H](n2ccc(NO)nc2=S)C(O)C1O. The van der Waals surface area contributed by atoms with Gasteiger partial charge >= 0.3 is 0 Å². The Hall–Kier alpha value is -1.10. The number of aromatic nitrogens is 2. The Morgan fingerprint density at radius 1 is 1.44 bits per heavy atom. The van der Waals surface area contributed by atoms with Crippen LogP contribution in [-0.4, -0.2) is 55.0 Å². The fourth-order valence-electron chi connectivity index (χ4n) is 1.78. The fraction of sp³-hybridized carbons (Fsp3) is 0.556. The minimum Gasteiger partial charge on any atom is -0.394 e. The highest BCUT2D eigenvalue weighted by molar-refractivity contribution is 7.71. The second kappa shape index (κ2) is 5.26. The summed E-state index contributed by atoms with van der Waals surface area (Å²) in [7, 11) is 0. The molecule has 1 fully saturated rings. The first-order chi connectivity index (χ1) is 8.58. The zero-order chi connectivity index (χ0) is 13.3. The van der Waals surface area contributed by atoms with E-state index in [0.717, 1.165) is 0 Å². The molecule has 0 radical (unpaired) electrons. The van der Waals surface area contributed by atoms with Crippen molar-refractivity contribution in [1.82, 2.24) is 9.55 Å². The Morgan fingerprint density at radius 2 is 2.17 bits per heavy atom. The van der Waals surface area contributed by atoms with Crippen molar-refractivity contribution < 1.29 is 25.3 Å². The maximum atomic E-state index is 9.82. The maximum Gasteiger partial charge on any atom is 0.203 e. The van der Waals surface area contributed by atoms with E-state index in [0.29, 0.717) is 0 Å². The number of rotatable bonds is 3. The van der Waals surface area contributed by atoms with Gasteiger partial charge in [0.2, 0.25) is 4.77 Å². The van der Waals surface area contributed by atoms with Gasteiger partial charge in [0.15, 0.2) is 12.0 Å². The van der Waals surface area contributed by atoms with Gasteiger partial charge in [0.25, 0.3) is 0 Å². The summed E-state index contributed by atoms with van der Waals surface area (Å²) < 4.78 is 6.69. The molecule has 8 nitrogen and oxygen atoms in total. The lowest BCUT2D eigenvalue weighted by Gasteiger charge is -2.18. The van der Waals surface area contributed by atoms with E-state index in [9.17, 15) is 10.2 Å². The van der Waals surface area contributed by atoms with Crippen molar-refractivity contribution in [2.75, 3.05) is 12.1 Å². The zero-order valence-electron chi connectivity index (χ0n) is 9.17. The lowest BCUT2D eigenvalue weighted by Crippen LogP contribution is -2.33. The molecule has 1 aliphatic heterocycles. The van der Waals surface area contributed by atoms with Gasteiger partial charge in [-0.25, -0.2) is 4.98 Å². The molecule has 1 aromatic rings. The van der Waals surface area contributed by atoms with Crippen molar-refractivity contribution >= 4 is 18.0 Å². The number of ether oxygens (including phenoxy) is 1. The predicted octanol–water partition coefficient (Wildman–Crippen LogP) is -0.975. The van der Waals surface area contributed by atoms with E-state index in [-0.39, 0.29) is 10.6 Å². The summed E-state index contributed by atoms with van der Waals surface area (Å²) in [5.74, 6) is 0.156. The molecule has 4 atom stereocenters. The largest absolute Gasteiger partial charge is 0.394 e. The summed E-state index contributed by atoms with van der Waals surface area (Å²) in [6.45, 7) is -0.411. The summed E-state index contributed by atoms with van der Waals surface area (Å²) in [5, 5.41) is 37.1. The zero-order valence-corrected chi connectivity index (χ0v) is 9.99. The first-order valence-corrected chi connectivity index (χ1v) is 5.61. The van der Waals surface area contributed by atoms with E-state index in [4.69, 9.17) is 27.3 Å². The van der Waals surface area contributed by atoms with Crippen LogP contribution in [0.15, 0.2) is 12.3 Å². The third-order valence-corrected chi connectivity index (χ3v) is 3.04. The number of aliphatic hydroxyl groups is 3. The van der Waals surface area contributed by atoms with E-state index in [1.165, 1.54) is 16.8 Å². The van der Waals surface area contributed by atoms with Crippen LogP contribution < -0.4 is 5.48 Å². The van der Waals surface area contributed by atoms with Crippen LogP contribution >= 0.6 is 12.2 Å². The molecular weight excluding hydrogens is 262 g/mol. The molecule has 0 spiro atoms. The van der Waals surface area contributed by atoms with Gasteiger partial charge in [-0.1, -0.05) is 0 Å². The monoisotopic (exact) mass is 275 g/mol. The Morgan fingerprint density at radius 3 is 2.67 bits per heavy atom. The van der Waals surface area contributed by atoms with Crippen LogP contribution in [0, 0.1) is 4.77 Å². The average Bonchev–Trinajstić information content (AvgIpc) is 2.66. The van der Waals surface area contributed by atoms with Crippen LogP contribution in [-0.2, 0) is 4.74 Å².